The van der Waals surface area contributed by atoms with Gasteiger partial charge in [0.1, 0.15) is 6.04 Å². The van der Waals surface area contributed by atoms with Gasteiger partial charge in [0, 0.05) is 12.0 Å². The van der Waals surface area contributed by atoms with E-state index in [0.717, 1.165) is 16.9 Å². The molecule has 2 heterocycles. The van der Waals surface area contributed by atoms with E-state index in [2.05, 4.69) is 34.5 Å². The van der Waals surface area contributed by atoms with Gasteiger partial charge >= 0.3 is 6.09 Å². The third-order valence-electron chi connectivity index (χ3n) is 6.24. The van der Waals surface area contributed by atoms with Crippen molar-refractivity contribution in [2.75, 3.05) is 6.54 Å². The number of unbranched alkanes of at least 4 members (excludes halogenated alkanes) is 7. The van der Waals surface area contributed by atoms with Crippen LogP contribution in [0.25, 0.3) is 11.4 Å². The fourth-order valence-electron chi connectivity index (χ4n) is 4.28. The third-order valence-corrected chi connectivity index (χ3v) is 6.24. The molecule has 34 heavy (non-hydrogen) atoms. The van der Waals surface area contributed by atoms with Crippen LogP contribution in [0.1, 0.15) is 76.2 Å². The third kappa shape index (κ3) is 7.55. The summed E-state index contributed by atoms with van der Waals surface area (Å²) >= 11 is 0. The number of carbonyl (C=O) groups is 2. The van der Waals surface area contributed by atoms with Crippen LogP contribution in [0.4, 0.5) is 4.79 Å². The van der Waals surface area contributed by atoms with Crippen molar-refractivity contribution in [3.05, 3.63) is 35.7 Å². The molecule has 0 bridgehead atoms. The van der Waals surface area contributed by atoms with Crippen LogP contribution < -0.4 is 5.32 Å². The Bertz CT molecular complexity index is 914. The monoisotopic (exact) mass is 472 g/mol. The minimum absolute atomic E-state index is 0.0115. The lowest BCUT2D eigenvalue weighted by atomic mass is 10.0. The molecule has 1 saturated heterocycles. The number of aromatic nitrogens is 2. The van der Waals surface area contributed by atoms with Crippen molar-refractivity contribution in [2.24, 2.45) is 0 Å². The summed E-state index contributed by atoms with van der Waals surface area (Å²) in [6, 6.07) is 7.18. The molecule has 186 valence electrons. The van der Waals surface area contributed by atoms with Crippen molar-refractivity contribution in [1.29, 1.82) is 0 Å². The fraction of sp³-hybridized carbons (Fsp3) is 0.600. The zero-order chi connectivity index (χ0) is 24.3. The maximum atomic E-state index is 12.4. The first-order valence-corrected chi connectivity index (χ1v) is 12.3. The van der Waals surface area contributed by atoms with E-state index in [4.69, 9.17) is 4.52 Å². The van der Waals surface area contributed by atoms with Gasteiger partial charge in [0.05, 0.1) is 19.2 Å². The lowest BCUT2D eigenvalue weighted by Gasteiger charge is -2.19. The molecule has 0 radical (unpaired) electrons. The average molecular weight is 473 g/mol. The molecule has 1 aromatic carbocycles. The number of nitrogens with zero attached hydrogens (tertiary/aromatic N) is 3. The van der Waals surface area contributed by atoms with E-state index >= 15 is 0 Å². The Labute approximate surface area is 200 Å². The van der Waals surface area contributed by atoms with E-state index in [-0.39, 0.29) is 25.4 Å². The summed E-state index contributed by atoms with van der Waals surface area (Å²) in [4.78, 5) is 28.9. The zero-order valence-electron chi connectivity index (χ0n) is 19.9. The summed E-state index contributed by atoms with van der Waals surface area (Å²) in [5.74, 6) is 0.169. The van der Waals surface area contributed by atoms with Crippen LogP contribution in [0.5, 0.6) is 0 Å². The van der Waals surface area contributed by atoms with Crippen molar-refractivity contribution in [3.63, 3.8) is 0 Å². The largest absolute Gasteiger partial charge is 0.465 e. The van der Waals surface area contributed by atoms with Gasteiger partial charge in [-0.25, -0.2) is 4.79 Å². The smallest absolute Gasteiger partial charge is 0.408 e. The number of benzene rings is 1. The first-order valence-electron chi connectivity index (χ1n) is 12.3. The molecule has 2 atom stereocenters. The molecule has 0 aliphatic carbocycles. The summed E-state index contributed by atoms with van der Waals surface area (Å²) in [7, 11) is 0. The first kappa shape index (κ1) is 25.7. The molecule has 9 nitrogen and oxygen atoms in total. The number of hydrogen-bond donors (Lipinski definition) is 3. The van der Waals surface area contributed by atoms with Crippen LogP contribution >= 0.6 is 0 Å². The molecule has 0 unspecified atom stereocenters. The van der Waals surface area contributed by atoms with Gasteiger partial charge in [-0.15, -0.1) is 0 Å². The average Bonchev–Trinajstić information content (AvgIpc) is 3.46. The highest BCUT2D eigenvalue weighted by Crippen LogP contribution is 2.20. The predicted molar refractivity (Wildman–Crippen MR) is 127 cm³/mol. The summed E-state index contributed by atoms with van der Waals surface area (Å²) in [5, 5.41) is 25.5. The Morgan fingerprint density at radius 2 is 1.76 bits per heavy atom. The topological polar surface area (TPSA) is 129 Å². The van der Waals surface area contributed by atoms with Gasteiger partial charge in [-0.3, -0.25) is 9.69 Å². The number of nitrogens with one attached hydrogen (secondary N) is 1. The van der Waals surface area contributed by atoms with Crippen LogP contribution in [0.15, 0.2) is 28.8 Å². The highest BCUT2D eigenvalue weighted by Gasteiger charge is 2.38. The second-order valence-electron chi connectivity index (χ2n) is 8.99. The number of β-amino-alcohol motifs (C(OH)–C–C–N with tert-alkyl or cyclic N) is 1. The number of carbonyl (C=O) groups excluding carboxylic acids is 1. The molecule has 2 amide bonds. The second kappa shape index (κ2) is 13.1. The zero-order valence-corrected chi connectivity index (χ0v) is 19.9. The van der Waals surface area contributed by atoms with Gasteiger partial charge in [-0.05, 0) is 18.4 Å². The van der Waals surface area contributed by atoms with E-state index in [0.29, 0.717) is 5.82 Å². The normalized spacial score (nSPS) is 17.8. The maximum absolute atomic E-state index is 12.4. The van der Waals surface area contributed by atoms with Gasteiger partial charge in [0.25, 0.3) is 0 Å². The van der Waals surface area contributed by atoms with Crippen molar-refractivity contribution < 1.29 is 24.3 Å². The van der Waals surface area contributed by atoms with Crippen LogP contribution in [-0.4, -0.2) is 55.9 Å². The quantitative estimate of drug-likeness (QED) is 0.374. The summed E-state index contributed by atoms with van der Waals surface area (Å²) < 4.78 is 5.23. The highest BCUT2D eigenvalue weighted by atomic mass is 16.5. The number of carboxylic acid groups (broad SMARTS) is 1. The van der Waals surface area contributed by atoms with Gasteiger partial charge in [-0.1, -0.05) is 81.3 Å². The number of aryl methyl sites for hydroxylation is 1. The predicted octanol–water partition coefficient (Wildman–Crippen LogP) is 4.15. The number of likely N-dealkylation sites (tertiary alicyclic amines) is 1. The Balaban J connectivity index is 1.41. The van der Waals surface area contributed by atoms with Crippen LogP contribution in [0.2, 0.25) is 0 Å². The van der Waals surface area contributed by atoms with Crippen LogP contribution in [0.3, 0.4) is 0 Å². The van der Waals surface area contributed by atoms with Gasteiger partial charge in [-0.2, -0.15) is 4.98 Å². The first-order chi connectivity index (χ1) is 16.5. The number of aliphatic hydroxyl groups excluding tert-OH is 1. The van der Waals surface area contributed by atoms with Crippen molar-refractivity contribution in [3.8, 4) is 11.4 Å². The molecule has 1 aromatic heterocycles. The van der Waals surface area contributed by atoms with Gasteiger partial charge < -0.3 is 20.1 Å². The molecule has 1 aliphatic heterocycles. The van der Waals surface area contributed by atoms with Crippen LogP contribution in [-0.2, 0) is 17.8 Å². The summed E-state index contributed by atoms with van der Waals surface area (Å²) in [6.45, 7) is 2.15. The Kier molecular flexibility index (Phi) is 9.88. The molecule has 0 saturated carbocycles. The highest BCUT2D eigenvalue weighted by molar-refractivity contribution is 5.85. The van der Waals surface area contributed by atoms with Crippen molar-refractivity contribution >= 4 is 12.0 Å². The number of aliphatic hydroxyl groups is 1. The minimum atomic E-state index is -1.23. The number of amides is 2. The van der Waals surface area contributed by atoms with Gasteiger partial charge in [0.15, 0.2) is 0 Å². The molecule has 3 N–H and O–H groups in total. The standard InChI is InChI=1S/C25H36N4O5/c1-2-3-4-5-6-7-8-9-10-18-11-13-19(14-12-18)23-27-22(34-28-23)16-26-24(31)21-15-20(30)17-29(21)25(32)33/h11-14,20-21,30H,2-10,15-17H2,1H3,(H,26,31)(H,32,33)/t20-,21-/m0/s1. The Hall–Kier alpha value is -2.94. The summed E-state index contributed by atoms with van der Waals surface area (Å²) in [6.07, 6.45) is 9.48. The van der Waals surface area contributed by atoms with E-state index in [1.165, 1.54) is 56.9 Å². The molecular weight excluding hydrogens is 436 g/mol. The lowest BCUT2D eigenvalue weighted by Crippen LogP contribution is -2.45. The van der Waals surface area contributed by atoms with Crippen molar-refractivity contribution in [1.82, 2.24) is 20.4 Å². The van der Waals surface area contributed by atoms with E-state index in [1.807, 2.05) is 12.1 Å². The van der Waals surface area contributed by atoms with Crippen LogP contribution in [0, 0.1) is 0 Å². The molecule has 0 spiro atoms. The minimum Gasteiger partial charge on any atom is -0.465 e. The van der Waals surface area contributed by atoms with Crippen molar-refractivity contribution in [2.45, 2.75) is 89.8 Å². The molecule has 3 rings (SSSR count). The molecule has 1 aliphatic rings. The maximum Gasteiger partial charge on any atom is 0.408 e. The second-order valence-corrected chi connectivity index (χ2v) is 8.99. The van der Waals surface area contributed by atoms with E-state index < -0.39 is 24.1 Å². The molecule has 2 aromatic rings. The van der Waals surface area contributed by atoms with Gasteiger partial charge in [0.2, 0.25) is 17.6 Å². The number of rotatable bonds is 13. The summed E-state index contributed by atoms with van der Waals surface area (Å²) in [5.41, 5.74) is 2.12. The Morgan fingerprint density at radius 1 is 1.09 bits per heavy atom. The SMILES string of the molecule is CCCCCCCCCCc1ccc(-c2noc(CNC(=O)[C@@H]3C[C@H](O)CN3C(=O)O)n2)cc1. The Morgan fingerprint density at radius 3 is 2.44 bits per heavy atom. The molecular formula is C25H36N4O5. The lowest BCUT2D eigenvalue weighted by molar-refractivity contribution is -0.125. The molecule has 9 heteroatoms. The fourth-order valence-corrected chi connectivity index (χ4v) is 4.28. The molecule has 1 fully saturated rings. The van der Waals surface area contributed by atoms with E-state index in [9.17, 15) is 19.8 Å². The van der Waals surface area contributed by atoms with E-state index in [1.54, 1.807) is 0 Å². The number of hydrogen-bond acceptors (Lipinski definition) is 6.